The SMILES string of the molecule is [N-]=[N+]=Nc1ccccc1[C@H]1OC(c2ccc(OCCCO)cc2)=N[C@@]1(Cc1ccc(Br)cc1)C(=O)NCCCCc1ccccc1. The number of aliphatic hydroxyl groups excluding tert-OH is 1. The van der Waals surface area contributed by atoms with Gasteiger partial charge in [-0.3, -0.25) is 4.79 Å². The van der Waals surface area contributed by atoms with Crippen molar-refractivity contribution in [2.75, 3.05) is 19.8 Å². The number of azide groups is 1. The van der Waals surface area contributed by atoms with Gasteiger partial charge in [-0.05, 0) is 72.3 Å². The van der Waals surface area contributed by atoms with E-state index in [1.165, 1.54) is 5.56 Å². The number of nitrogens with zero attached hydrogens (tertiary/aromatic N) is 4. The van der Waals surface area contributed by atoms with Gasteiger partial charge in [-0.1, -0.05) is 87.8 Å². The molecule has 2 atom stereocenters. The van der Waals surface area contributed by atoms with E-state index in [4.69, 9.17) is 19.6 Å². The van der Waals surface area contributed by atoms with Crippen LogP contribution in [0, 0.1) is 0 Å². The summed E-state index contributed by atoms with van der Waals surface area (Å²) < 4.78 is 13.2. The Labute approximate surface area is 277 Å². The highest BCUT2D eigenvalue weighted by Gasteiger charge is 2.53. The van der Waals surface area contributed by atoms with E-state index >= 15 is 0 Å². The fourth-order valence-corrected chi connectivity index (χ4v) is 5.74. The van der Waals surface area contributed by atoms with Crippen LogP contribution in [0.3, 0.4) is 0 Å². The summed E-state index contributed by atoms with van der Waals surface area (Å²) in [6.07, 6.45) is 2.54. The highest BCUT2D eigenvalue weighted by atomic mass is 79.9. The number of carbonyl (C=O) groups is 1. The molecule has 2 N–H and O–H groups in total. The number of rotatable bonds is 15. The molecule has 9 nitrogen and oxygen atoms in total. The molecule has 1 aliphatic heterocycles. The Morgan fingerprint density at radius 2 is 1.70 bits per heavy atom. The minimum atomic E-state index is -1.40. The summed E-state index contributed by atoms with van der Waals surface area (Å²) >= 11 is 3.51. The molecule has 0 saturated heterocycles. The molecule has 1 heterocycles. The lowest BCUT2D eigenvalue weighted by molar-refractivity contribution is -0.128. The number of aliphatic imine (C=N–C) groups is 1. The van der Waals surface area contributed by atoms with E-state index in [-0.39, 0.29) is 18.9 Å². The van der Waals surface area contributed by atoms with E-state index in [9.17, 15) is 10.3 Å². The van der Waals surface area contributed by atoms with Crippen LogP contribution in [0.2, 0.25) is 0 Å². The van der Waals surface area contributed by atoms with E-state index in [0.717, 1.165) is 29.3 Å². The third-order valence-electron chi connectivity index (χ3n) is 7.81. The minimum Gasteiger partial charge on any atom is -0.494 e. The number of aliphatic hydroxyl groups is 1. The molecule has 4 aromatic rings. The zero-order valence-corrected chi connectivity index (χ0v) is 27.0. The van der Waals surface area contributed by atoms with Crippen LogP contribution < -0.4 is 10.1 Å². The molecule has 0 aliphatic carbocycles. The standard InChI is InChI=1S/C36H36BrN5O4/c37-29-18-14-27(15-19-29)25-36(35(44)39-22-7-6-11-26-9-2-1-3-10-26)33(31-12-4-5-13-32(31)41-42-38)46-34(40-36)28-16-20-30(21-17-28)45-24-8-23-43/h1-5,9-10,12-21,33,43H,6-8,11,22-25H2,(H,39,44)/t33-,36-/m1/s1. The van der Waals surface area contributed by atoms with Crippen molar-refractivity contribution in [2.24, 2.45) is 10.1 Å². The van der Waals surface area contributed by atoms with Crippen LogP contribution in [0.5, 0.6) is 5.75 Å². The molecule has 46 heavy (non-hydrogen) atoms. The Balaban J connectivity index is 1.49. The van der Waals surface area contributed by atoms with Crippen LogP contribution in [-0.4, -0.2) is 42.2 Å². The van der Waals surface area contributed by atoms with Crippen LogP contribution in [0.15, 0.2) is 118 Å². The molecule has 0 bridgehead atoms. The second kappa shape index (κ2) is 16.1. The number of unbranched alkanes of at least 4 members (excludes halogenated alkanes) is 1. The summed E-state index contributed by atoms with van der Waals surface area (Å²) in [4.78, 5) is 22.6. The smallest absolute Gasteiger partial charge is 0.252 e. The molecular weight excluding hydrogens is 646 g/mol. The van der Waals surface area contributed by atoms with Gasteiger partial charge in [0.05, 0.1) is 6.61 Å². The molecular formula is C36H36BrN5O4. The van der Waals surface area contributed by atoms with Gasteiger partial charge in [0.15, 0.2) is 11.6 Å². The molecule has 10 heteroatoms. The summed E-state index contributed by atoms with van der Waals surface area (Å²) in [5.74, 6) is 0.684. The number of aryl methyl sites for hydroxylation is 1. The minimum absolute atomic E-state index is 0.0526. The quantitative estimate of drug-likeness (QED) is 0.0574. The summed E-state index contributed by atoms with van der Waals surface area (Å²) in [5.41, 5.74) is 11.7. The second-order valence-electron chi connectivity index (χ2n) is 11.0. The van der Waals surface area contributed by atoms with Crippen LogP contribution in [0.1, 0.15) is 47.6 Å². The molecule has 0 aromatic heterocycles. The first-order valence-corrected chi connectivity index (χ1v) is 16.1. The number of hydrogen-bond acceptors (Lipinski definition) is 6. The predicted molar refractivity (Wildman–Crippen MR) is 182 cm³/mol. The molecule has 0 fully saturated rings. The fraction of sp³-hybridized carbons (Fsp3) is 0.278. The monoisotopic (exact) mass is 681 g/mol. The van der Waals surface area contributed by atoms with Crippen molar-refractivity contribution in [1.29, 1.82) is 0 Å². The van der Waals surface area contributed by atoms with Gasteiger partial charge in [-0.15, -0.1) is 0 Å². The molecule has 0 spiro atoms. The van der Waals surface area contributed by atoms with Crippen LogP contribution in [0.4, 0.5) is 5.69 Å². The van der Waals surface area contributed by atoms with Gasteiger partial charge in [-0.25, -0.2) is 4.99 Å². The number of carbonyl (C=O) groups excluding carboxylic acids is 1. The van der Waals surface area contributed by atoms with Crippen molar-refractivity contribution < 1.29 is 19.4 Å². The van der Waals surface area contributed by atoms with Gasteiger partial charge < -0.3 is 19.9 Å². The average Bonchev–Trinajstić information content (AvgIpc) is 3.47. The molecule has 4 aromatic carbocycles. The van der Waals surface area contributed by atoms with Crippen molar-refractivity contribution in [3.05, 3.63) is 140 Å². The summed E-state index contributed by atoms with van der Waals surface area (Å²) in [7, 11) is 0. The zero-order chi connectivity index (χ0) is 32.2. The molecule has 1 aliphatic rings. The Morgan fingerprint density at radius 1 is 0.957 bits per heavy atom. The van der Waals surface area contributed by atoms with Gasteiger partial charge in [0.25, 0.3) is 5.91 Å². The molecule has 1 amide bonds. The fourth-order valence-electron chi connectivity index (χ4n) is 5.47. The van der Waals surface area contributed by atoms with Crippen LogP contribution >= 0.6 is 15.9 Å². The highest BCUT2D eigenvalue weighted by Crippen LogP contribution is 2.45. The van der Waals surface area contributed by atoms with Crippen LogP contribution in [0.25, 0.3) is 10.4 Å². The lowest BCUT2D eigenvalue weighted by atomic mass is 9.81. The lowest BCUT2D eigenvalue weighted by Crippen LogP contribution is -2.50. The second-order valence-corrected chi connectivity index (χ2v) is 12.0. The molecule has 0 unspecified atom stereocenters. The van der Waals surface area contributed by atoms with Crippen molar-refractivity contribution >= 4 is 33.4 Å². The zero-order valence-electron chi connectivity index (χ0n) is 25.4. The summed E-state index contributed by atoms with van der Waals surface area (Å²) in [6, 6.07) is 32.5. The maximum absolute atomic E-state index is 14.5. The van der Waals surface area contributed by atoms with Gasteiger partial charge in [0.2, 0.25) is 5.90 Å². The number of nitrogens with one attached hydrogen (secondary N) is 1. The van der Waals surface area contributed by atoms with Crippen LogP contribution in [-0.2, 0) is 22.4 Å². The van der Waals surface area contributed by atoms with E-state index in [0.29, 0.717) is 48.0 Å². The molecule has 0 radical (unpaired) electrons. The number of amides is 1. The van der Waals surface area contributed by atoms with Crippen molar-refractivity contribution in [3.63, 3.8) is 0 Å². The van der Waals surface area contributed by atoms with Gasteiger partial charge >= 0.3 is 0 Å². The van der Waals surface area contributed by atoms with E-state index in [2.05, 4.69) is 43.4 Å². The van der Waals surface area contributed by atoms with E-state index in [1.54, 1.807) is 12.1 Å². The Kier molecular flexibility index (Phi) is 11.5. The van der Waals surface area contributed by atoms with Gasteiger partial charge in [0.1, 0.15) is 5.75 Å². The largest absolute Gasteiger partial charge is 0.494 e. The third-order valence-corrected chi connectivity index (χ3v) is 8.34. The Morgan fingerprint density at radius 3 is 2.43 bits per heavy atom. The number of ether oxygens (including phenoxy) is 2. The first kappa shape index (κ1) is 32.8. The molecule has 236 valence electrons. The van der Waals surface area contributed by atoms with E-state index in [1.807, 2.05) is 78.9 Å². The van der Waals surface area contributed by atoms with Crippen molar-refractivity contribution in [1.82, 2.24) is 5.32 Å². The Hall–Kier alpha value is -4.63. The topological polar surface area (TPSA) is 129 Å². The number of hydrogen-bond donors (Lipinski definition) is 2. The third kappa shape index (κ3) is 8.14. The molecule has 0 saturated carbocycles. The first-order valence-electron chi connectivity index (χ1n) is 15.3. The lowest BCUT2D eigenvalue weighted by Gasteiger charge is -2.31. The average molecular weight is 683 g/mol. The van der Waals surface area contributed by atoms with Crippen molar-refractivity contribution in [3.8, 4) is 5.75 Å². The normalized spacial score (nSPS) is 17.0. The molecule has 5 rings (SSSR count). The van der Waals surface area contributed by atoms with Gasteiger partial charge in [-0.2, -0.15) is 0 Å². The maximum Gasteiger partial charge on any atom is 0.252 e. The predicted octanol–water partition coefficient (Wildman–Crippen LogP) is 7.79. The van der Waals surface area contributed by atoms with Gasteiger partial charge in [0, 0.05) is 52.2 Å². The van der Waals surface area contributed by atoms with E-state index < -0.39 is 11.6 Å². The maximum atomic E-state index is 14.5. The summed E-state index contributed by atoms with van der Waals surface area (Å²) in [6.45, 7) is 0.924. The number of halogens is 1. The number of benzene rings is 4. The Bertz CT molecular complexity index is 1680. The summed E-state index contributed by atoms with van der Waals surface area (Å²) in [5, 5.41) is 16.2. The first-order chi connectivity index (χ1) is 22.5. The van der Waals surface area contributed by atoms with Crippen molar-refractivity contribution in [2.45, 2.75) is 43.7 Å². The highest BCUT2D eigenvalue weighted by molar-refractivity contribution is 9.10.